The largest absolute Gasteiger partial charge is 0.416 e. The van der Waals surface area contributed by atoms with E-state index < -0.39 is 11.7 Å². The van der Waals surface area contributed by atoms with Crippen molar-refractivity contribution in [3.63, 3.8) is 0 Å². The van der Waals surface area contributed by atoms with Gasteiger partial charge >= 0.3 is 6.18 Å². The molecule has 5 aromatic rings. The first-order valence-electron chi connectivity index (χ1n) is 9.74. The van der Waals surface area contributed by atoms with E-state index >= 15 is 0 Å². The maximum absolute atomic E-state index is 13.2. The predicted octanol–water partition coefficient (Wildman–Crippen LogP) is 6.04. The van der Waals surface area contributed by atoms with E-state index in [2.05, 4.69) is 0 Å². The summed E-state index contributed by atoms with van der Waals surface area (Å²) in [7, 11) is 0. The van der Waals surface area contributed by atoms with Crippen LogP contribution in [0.25, 0.3) is 28.1 Å². The molecule has 2 heterocycles. The van der Waals surface area contributed by atoms with Crippen LogP contribution < -0.4 is 5.56 Å². The van der Waals surface area contributed by atoms with Gasteiger partial charge < -0.3 is 4.57 Å². The number of imidazole rings is 1. The Labute approximate surface area is 185 Å². The highest BCUT2D eigenvalue weighted by molar-refractivity contribution is 6.30. The highest BCUT2D eigenvalue weighted by atomic mass is 35.5. The van der Waals surface area contributed by atoms with E-state index in [9.17, 15) is 18.0 Å². The third-order valence-corrected chi connectivity index (χ3v) is 5.51. The summed E-state index contributed by atoms with van der Waals surface area (Å²) in [5.74, 6) is 0.339. The fourth-order valence-corrected chi connectivity index (χ4v) is 4.04. The average Bonchev–Trinajstić information content (AvgIpc) is 3.07. The number of nitrogens with zero attached hydrogens (tertiary/aromatic N) is 3. The van der Waals surface area contributed by atoms with Crippen molar-refractivity contribution in [2.45, 2.75) is 12.7 Å². The number of para-hydroxylation sites is 2. The van der Waals surface area contributed by atoms with Crippen molar-refractivity contribution in [2.75, 3.05) is 0 Å². The normalized spacial score (nSPS) is 12.0. The Kier molecular flexibility index (Phi) is 4.78. The topological polar surface area (TPSA) is 39.3 Å². The molecule has 0 spiro atoms. The van der Waals surface area contributed by atoms with Gasteiger partial charge in [0.2, 0.25) is 5.78 Å². The molecule has 0 fully saturated rings. The summed E-state index contributed by atoms with van der Waals surface area (Å²) in [6.45, 7) is 0.117. The fourth-order valence-electron chi connectivity index (χ4n) is 3.85. The minimum Gasteiger partial charge on any atom is -0.305 e. The predicted molar refractivity (Wildman–Crippen MR) is 118 cm³/mol. The Morgan fingerprint density at radius 2 is 1.62 bits per heavy atom. The molecular formula is C24H15ClF3N3O. The SMILES string of the molecule is O=c1cc(-c2cccc(Cl)c2)nc2n(Cc3cccc(C(F)(F)F)c3)c3ccccc3n12. The van der Waals surface area contributed by atoms with E-state index in [1.165, 1.54) is 16.5 Å². The van der Waals surface area contributed by atoms with Gasteiger partial charge in [-0.3, -0.25) is 4.79 Å². The molecule has 0 saturated heterocycles. The summed E-state index contributed by atoms with van der Waals surface area (Å²) >= 11 is 6.10. The lowest BCUT2D eigenvalue weighted by Gasteiger charge is -2.11. The zero-order valence-electron chi connectivity index (χ0n) is 16.5. The van der Waals surface area contributed by atoms with E-state index in [4.69, 9.17) is 16.6 Å². The third kappa shape index (κ3) is 3.54. The number of fused-ring (bicyclic) bond motifs is 3. The molecule has 0 N–H and O–H groups in total. The second-order valence-electron chi connectivity index (χ2n) is 7.40. The minimum absolute atomic E-state index is 0.117. The number of alkyl halides is 3. The highest BCUT2D eigenvalue weighted by Gasteiger charge is 2.30. The van der Waals surface area contributed by atoms with Gasteiger partial charge in [-0.25, -0.2) is 9.38 Å². The zero-order chi connectivity index (χ0) is 22.5. The molecule has 3 aromatic carbocycles. The Morgan fingerprint density at radius 3 is 2.38 bits per heavy atom. The number of hydrogen-bond acceptors (Lipinski definition) is 2. The molecule has 0 atom stereocenters. The van der Waals surface area contributed by atoms with Crippen molar-refractivity contribution in [2.24, 2.45) is 0 Å². The first-order valence-corrected chi connectivity index (χ1v) is 10.1. The van der Waals surface area contributed by atoms with E-state index in [0.717, 1.165) is 12.1 Å². The van der Waals surface area contributed by atoms with Crippen molar-refractivity contribution in [3.05, 3.63) is 105 Å². The lowest BCUT2D eigenvalue weighted by Crippen LogP contribution is -2.15. The molecule has 0 aliphatic carbocycles. The van der Waals surface area contributed by atoms with Crippen LogP contribution in [0.5, 0.6) is 0 Å². The van der Waals surface area contributed by atoms with Gasteiger partial charge in [0.1, 0.15) is 0 Å². The van der Waals surface area contributed by atoms with Gasteiger partial charge in [0.25, 0.3) is 5.56 Å². The van der Waals surface area contributed by atoms with Gasteiger partial charge in [-0.1, -0.05) is 48.0 Å². The average molecular weight is 454 g/mol. The third-order valence-electron chi connectivity index (χ3n) is 5.27. The quantitative estimate of drug-likeness (QED) is 0.334. The number of rotatable bonds is 3. The maximum Gasteiger partial charge on any atom is 0.416 e. The van der Waals surface area contributed by atoms with Crippen molar-refractivity contribution in [3.8, 4) is 11.3 Å². The summed E-state index contributed by atoms with van der Waals surface area (Å²) in [5.41, 5.74) is 1.87. The van der Waals surface area contributed by atoms with Gasteiger partial charge in [-0.15, -0.1) is 0 Å². The lowest BCUT2D eigenvalue weighted by atomic mass is 10.1. The Morgan fingerprint density at radius 1 is 0.875 bits per heavy atom. The molecular weight excluding hydrogens is 439 g/mol. The summed E-state index contributed by atoms with van der Waals surface area (Å²) in [4.78, 5) is 17.7. The van der Waals surface area contributed by atoms with E-state index in [-0.39, 0.29) is 12.1 Å². The van der Waals surface area contributed by atoms with Crippen LogP contribution in [0.4, 0.5) is 13.2 Å². The van der Waals surface area contributed by atoms with Crippen molar-refractivity contribution >= 4 is 28.4 Å². The lowest BCUT2D eigenvalue weighted by molar-refractivity contribution is -0.137. The summed E-state index contributed by atoms with van der Waals surface area (Å²) in [6.07, 6.45) is -4.44. The summed E-state index contributed by atoms with van der Waals surface area (Å²) in [6, 6.07) is 20.8. The maximum atomic E-state index is 13.2. The number of benzene rings is 3. The van der Waals surface area contributed by atoms with Gasteiger partial charge in [0.15, 0.2) is 0 Å². The first-order chi connectivity index (χ1) is 15.3. The van der Waals surface area contributed by atoms with Crippen molar-refractivity contribution in [1.29, 1.82) is 0 Å². The van der Waals surface area contributed by atoms with Crippen molar-refractivity contribution in [1.82, 2.24) is 14.0 Å². The second kappa shape index (κ2) is 7.53. The molecule has 0 aliphatic heterocycles. The molecule has 0 aliphatic rings. The molecule has 5 rings (SSSR count). The van der Waals surface area contributed by atoms with Crippen LogP contribution in [-0.2, 0) is 12.7 Å². The Hall–Kier alpha value is -3.58. The fraction of sp³-hybridized carbons (Fsp3) is 0.0833. The van der Waals surface area contributed by atoms with Crippen molar-refractivity contribution < 1.29 is 13.2 Å². The summed E-state index contributed by atoms with van der Waals surface area (Å²) in [5, 5.41) is 0.508. The first kappa shape index (κ1) is 20.3. The number of halogens is 4. The van der Waals surface area contributed by atoms with E-state index in [0.29, 0.717) is 38.7 Å². The molecule has 0 unspecified atom stereocenters. The number of aromatic nitrogens is 3. The molecule has 0 bridgehead atoms. The smallest absolute Gasteiger partial charge is 0.305 e. The zero-order valence-corrected chi connectivity index (χ0v) is 17.2. The summed E-state index contributed by atoms with van der Waals surface area (Å²) < 4.78 is 42.8. The molecule has 32 heavy (non-hydrogen) atoms. The van der Waals surface area contributed by atoms with Gasteiger partial charge in [-0.2, -0.15) is 13.2 Å². The number of hydrogen-bond donors (Lipinski definition) is 0. The minimum atomic E-state index is -4.44. The van der Waals surface area contributed by atoms with Crippen LogP contribution in [-0.4, -0.2) is 14.0 Å². The highest BCUT2D eigenvalue weighted by Crippen LogP contribution is 2.30. The molecule has 160 valence electrons. The van der Waals surface area contributed by atoms with Gasteiger partial charge in [0.05, 0.1) is 28.8 Å². The second-order valence-corrected chi connectivity index (χ2v) is 7.83. The van der Waals surface area contributed by atoms with E-state index in [1.54, 1.807) is 47.0 Å². The van der Waals surface area contributed by atoms with E-state index in [1.807, 2.05) is 12.1 Å². The van der Waals surface area contributed by atoms with Gasteiger partial charge in [0, 0.05) is 16.7 Å². The standard InChI is InChI=1S/C24H15ClF3N3O/c25-18-8-4-6-16(12-18)19-13-22(32)31-21-10-2-1-9-20(21)30(23(31)29-19)14-15-5-3-7-17(11-15)24(26,27)28/h1-13H,14H2. The Bertz CT molecular complexity index is 1540. The van der Waals surface area contributed by atoms with Crippen LogP contribution in [0.3, 0.4) is 0 Å². The Balaban J connectivity index is 1.75. The molecule has 0 saturated carbocycles. The molecule has 8 heteroatoms. The monoisotopic (exact) mass is 453 g/mol. The van der Waals surface area contributed by atoms with Crippen LogP contribution in [0.2, 0.25) is 5.02 Å². The van der Waals surface area contributed by atoms with Crippen LogP contribution >= 0.6 is 11.6 Å². The molecule has 0 radical (unpaired) electrons. The van der Waals surface area contributed by atoms with Gasteiger partial charge in [-0.05, 0) is 42.0 Å². The van der Waals surface area contributed by atoms with Crippen LogP contribution in [0, 0.1) is 0 Å². The molecule has 0 amide bonds. The van der Waals surface area contributed by atoms with Crippen LogP contribution in [0.15, 0.2) is 83.7 Å². The van der Waals surface area contributed by atoms with Crippen LogP contribution in [0.1, 0.15) is 11.1 Å². The molecule has 4 nitrogen and oxygen atoms in total. The molecule has 2 aromatic heterocycles.